The molecule has 2 aromatic carbocycles. The fourth-order valence-corrected chi connectivity index (χ4v) is 5.09. The molecule has 3 aromatic rings. The van der Waals surface area contributed by atoms with E-state index in [1.807, 2.05) is 0 Å². The Morgan fingerprint density at radius 3 is 2.45 bits per heavy atom. The molecule has 0 saturated carbocycles. The second-order valence-electron chi connectivity index (χ2n) is 6.53. The quantitative estimate of drug-likeness (QED) is 0.641. The Morgan fingerprint density at radius 2 is 1.86 bits per heavy atom. The Balaban J connectivity index is 1.88. The largest absolute Gasteiger partial charge is 0.497 e. The third-order valence-corrected chi connectivity index (χ3v) is 6.71. The molecule has 1 amide bonds. The molecule has 0 spiro atoms. The van der Waals surface area contributed by atoms with Gasteiger partial charge in [0, 0.05) is 12.7 Å². The minimum atomic E-state index is -3.72. The first-order valence-electron chi connectivity index (χ1n) is 8.65. The summed E-state index contributed by atoms with van der Waals surface area (Å²) in [6, 6.07) is 10.5. The summed E-state index contributed by atoms with van der Waals surface area (Å²) in [6.45, 7) is 1.51. The molecule has 0 aliphatic carbocycles. The van der Waals surface area contributed by atoms with Crippen molar-refractivity contribution in [3.63, 3.8) is 0 Å². The predicted octanol–water partition coefficient (Wildman–Crippen LogP) is 2.40. The minimum Gasteiger partial charge on any atom is -0.497 e. The van der Waals surface area contributed by atoms with Gasteiger partial charge in [-0.05, 0) is 49.4 Å². The van der Waals surface area contributed by atoms with Crippen molar-refractivity contribution in [3.05, 3.63) is 52.1 Å². The number of carbonyl (C=O) groups excluding carboxylic acids is 1. The van der Waals surface area contributed by atoms with Crippen LogP contribution in [0, 0.1) is 0 Å². The number of hydrogen-bond donors (Lipinski definition) is 1. The number of rotatable bonds is 6. The number of amides is 1. The number of sulfonamides is 1. The number of aromatic nitrogens is 1. The summed E-state index contributed by atoms with van der Waals surface area (Å²) >= 11 is 1.08. The van der Waals surface area contributed by atoms with Crippen molar-refractivity contribution in [1.29, 1.82) is 0 Å². The minimum absolute atomic E-state index is 0.0976. The monoisotopic (exact) mass is 435 g/mol. The summed E-state index contributed by atoms with van der Waals surface area (Å²) in [5, 5.41) is 2.73. The lowest BCUT2D eigenvalue weighted by Crippen LogP contribution is -2.45. The van der Waals surface area contributed by atoms with Gasteiger partial charge >= 0.3 is 4.87 Å². The van der Waals surface area contributed by atoms with Crippen molar-refractivity contribution in [1.82, 2.24) is 4.57 Å². The summed E-state index contributed by atoms with van der Waals surface area (Å²) in [7, 11) is -0.528. The molecule has 0 saturated heterocycles. The zero-order valence-electron chi connectivity index (χ0n) is 16.4. The van der Waals surface area contributed by atoms with Crippen LogP contribution in [0.15, 0.2) is 47.3 Å². The number of aryl methyl sites for hydroxylation is 1. The molecular weight excluding hydrogens is 414 g/mol. The second kappa shape index (κ2) is 7.88. The van der Waals surface area contributed by atoms with E-state index in [1.54, 1.807) is 49.5 Å². The molecule has 0 radical (unpaired) electrons. The highest BCUT2D eigenvalue weighted by Gasteiger charge is 2.29. The molecule has 1 atom stereocenters. The first-order chi connectivity index (χ1) is 13.6. The maximum atomic E-state index is 12.8. The second-order valence-corrected chi connectivity index (χ2v) is 9.38. The molecule has 10 heteroatoms. The molecule has 154 valence electrons. The third-order valence-electron chi connectivity index (χ3n) is 4.48. The molecule has 29 heavy (non-hydrogen) atoms. The van der Waals surface area contributed by atoms with Crippen molar-refractivity contribution >= 4 is 48.9 Å². The van der Waals surface area contributed by atoms with E-state index in [1.165, 1.54) is 18.6 Å². The Labute approximate surface area is 172 Å². The molecule has 0 fully saturated rings. The number of ether oxygens (including phenoxy) is 1. The summed E-state index contributed by atoms with van der Waals surface area (Å²) in [4.78, 5) is 24.5. The molecule has 0 bridgehead atoms. The van der Waals surface area contributed by atoms with Gasteiger partial charge in [0.1, 0.15) is 11.8 Å². The Bertz CT molecular complexity index is 1210. The van der Waals surface area contributed by atoms with Gasteiger partial charge in [0.15, 0.2) is 0 Å². The normalized spacial score (nSPS) is 12.6. The van der Waals surface area contributed by atoms with Crippen LogP contribution in [-0.4, -0.2) is 38.3 Å². The van der Waals surface area contributed by atoms with Crippen molar-refractivity contribution in [2.45, 2.75) is 13.0 Å². The number of hydrogen-bond acceptors (Lipinski definition) is 6. The number of nitrogens with zero attached hydrogens (tertiary/aromatic N) is 2. The molecule has 0 aliphatic heterocycles. The molecule has 3 rings (SSSR count). The van der Waals surface area contributed by atoms with Gasteiger partial charge in [0.2, 0.25) is 15.9 Å². The van der Waals surface area contributed by atoms with Gasteiger partial charge in [-0.15, -0.1) is 0 Å². The standard InChI is InChI=1S/C19H21N3O5S2/c1-12(22(29(4,25)26)14-6-8-15(27-3)9-7-14)18(23)20-13-5-10-16-17(11-13)28-19(24)21(16)2/h5-12H,1-4H3,(H,20,23)/t12-/m1/s1. The number of thiazole rings is 1. The van der Waals surface area contributed by atoms with Crippen LogP contribution in [0.25, 0.3) is 10.2 Å². The molecule has 8 nitrogen and oxygen atoms in total. The Hall–Kier alpha value is -2.85. The number of anilines is 2. The van der Waals surface area contributed by atoms with E-state index in [9.17, 15) is 18.0 Å². The van der Waals surface area contributed by atoms with Crippen LogP contribution in [-0.2, 0) is 21.9 Å². The van der Waals surface area contributed by atoms with Crippen molar-refractivity contribution in [2.24, 2.45) is 7.05 Å². The first-order valence-corrected chi connectivity index (χ1v) is 11.3. The van der Waals surface area contributed by atoms with Crippen LogP contribution in [0.2, 0.25) is 0 Å². The molecular formula is C19H21N3O5S2. The number of fused-ring (bicyclic) bond motifs is 1. The van der Waals surface area contributed by atoms with Gasteiger partial charge in [0.05, 0.1) is 29.3 Å². The van der Waals surface area contributed by atoms with E-state index >= 15 is 0 Å². The Morgan fingerprint density at radius 1 is 1.21 bits per heavy atom. The van der Waals surface area contributed by atoms with Gasteiger partial charge < -0.3 is 14.6 Å². The molecule has 0 aliphatic rings. The fraction of sp³-hybridized carbons (Fsp3) is 0.263. The van der Waals surface area contributed by atoms with Crippen LogP contribution in [0.4, 0.5) is 11.4 Å². The number of methoxy groups -OCH3 is 1. The fourth-order valence-electron chi connectivity index (χ4n) is 3.00. The van der Waals surface area contributed by atoms with E-state index < -0.39 is 22.0 Å². The molecule has 1 heterocycles. The topological polar surface area (TPSA) is 97.7 Å². The summed E-state index contributed by atoms with van der Waals surface area (Å²) in [5.41, 5.74) is 1.61. The van der Waals surface area contributed by atoms with Gasteiger partial charge in [-0.3, -0.25) is 13.9 Å². The van der Waals surface area contributed by atoms with Crippen LogP contribution in [0.1, 0.15) is 6.92 Å². The lowest BCUT2D eigenvalue weighted by atomic mass is 10.2. The van der Waals surface area contributed by atoms with Crippen LogP contribution >= 0.6 is 11.3 Å². The van der Waals surface area contributed by atoms with E-state index in [2.05, 4.69) is 5.32 Å². The molecule has 1 aromatic heterocycles. The number of benzene rings is 2. The summed E-state index contributed by atoms with van der Waals surface area (Å²) < 4.78 is 33.2. The van der Waals surface area contributed by atoms with Crippen molar-refractivity contribution < 1.29 is 17.9 Å². The Kier molecular flexibility index (Phi) is 5.67. The highest BCUT2D eigenvalue weighted by molar-refractivity contribution is 7.92. The van der Waals surface area contributed by atoms with Gasteiger partial charge in [-0.2, -0.15) is 0 Å². The van der Waals surface area contributed by atoms with Gasteiger partial charge in [-0.25, -0.2) is 8.42 Å². The average molecular weight is 436 g/mol. The van der Waals surface area contributed by atoms with E-state index in [4.69, 9.17) is 4.74 Å². The van der Waals surface area contributed by atoms with Crippen LogP contribution < -0.4 is 19.2 Å². The lowest BCUT2D eigenvalue weighted by molar-refractivity contribution is -0.116. The lowest BCUT2D eigenvalue weighted by Gasteiger charge is -2.28. The van der Waals surface area contributed by atoms with Crippen molar-refractivity contribution in [3.8, 4) is 5.75 Å². The third kappa shape index (κ3) is 4.28. The van der Waals surface area contributed by atoms with Crippen LogP contribution in [0.3, 0.4) is 0 Å². The van der Waals surface area contributed by atoms with E-state index in [-0.39, 0.29) is 4.87 Å². The molecule has 0 unspecified atom stereocenters. The number of nitrogens with one attached hydrogen (secondary N) is 1. The maximum Gasteiger partial charge on any atom is 0.307 e. The maximum absolute atomic E-state index is 12.8. The van der Waals surface area contributed by atoms with Crippen molar-refractivity contribution in [2.75, 3.05) is 23.0 Å². The van der Waals surface area contributed by atoms with Gasteiger partial charge in [0.25, 0.3) is 0 Å². The summed E-state index contributed by atoms with van der Waals surface area (Å²) in [5.74, 6) is 0.0864. The van der Waals surface area contributed by atoms with Gasteiger partial charge in [-0.1, -0.05) is 11.3 Å². The van der Waals surface area contributed by atoms with Crippen LogP contribution in [0.5, 0.6) is 5.75 Å². The smallest absolute Gasteiger partial charge is 0.307 e. The molecule has 1 N–H and O–H groups in total. The zero-order valence-corrected chi connectivity index (χ0v) is 18.0. The zero-order chi connectivity index (χ0) is 21.3. The van der Waals surface area contributed by atoms with E-state index in [0.29, 0.717) is 17.1 Å². The first kappa shape index (κ1) is 20.9. The highest BCUT2D eigenvalue weighted by Crippen LogP contribution is 2.25. The summed E-state index contributed by atoms with van der Waals surface area (Å²) in [6.07, 6.45) is 1.05. The average Bonchev–Trinajstić information content (AvgIpc) is 2.94. The highest BCUT2D eigenvalue weighted by atomic mass is 32.2. The number of carbonyl (C=O) groups is 1. The predicted molar refractivity (Wildman–Crippen MR) is 115 cm³/mol. The SMILES string of the molecule is COc1ccc(N([C@H](C)C(=O)Nc2ccc3c(c2)sc(=O)n3C)S(C)(=O)=O)cc1. The van der Waals surface area contributed by atoms with E-state index in [0.717, 1.165) is 32.1 Å².